The zero-order valence-electron chi connectivity index (χ0n) is 10.0. The summed E-state index contributed by atoms with van der Waals surface area (Å²) in [6.45, 7) is 0.300. The van der Waals surface area contributed by atoms with Crippen LogP contribution in [0.1, 0.15) is 16.8 Å². The van der Waals surface area contributed by atoms with Gasteiger partial charge in [-0.1, -0.05) is 0 Å². The lowest BCUT2D eigenvalue weighted by Gasteiger charge is -2.16. The summed E-state index contributed by atoms with van der Waals surface area (Å²) < 4.78 is 5.48. The molecule has 18 heavy (non-hydrogen) atoms. The molecule has 0 spiro atoms. The number of benzene rings is 1. The number of carbonyl (C=O) groups is 1. The smallest absolute Gasteiger partial charge is 0.251 e. The van der Waals surface area contributed by atoms with E-state index in [2.05, 4.69) is 21.2 Å². The summed E-state index contributed by atoms with van der Waals surface area (Å²) in [6.07, 6.45) is 0.419. The van der Waals surface area contributed by atoms with Crippen molar-refractivity contribution < 1.29 is 19.7 Å². The van der Waals surface area contributed by atoms with Crippen LogP contribution in [-0.2, 0) is 4.74 Å². The van der Waals surface area contributed by atoms with Gasteiger partial charge in [-0.25, -0.2) is 0 Å². The number of rotatable bonds is 6. The average molecular weight is 318 g/mol. The van der Waals surface area contributed by atoms with E-state index in [9.17, 15) is 9.90 Å². The molecule has 0 aromatic heterocycles. The molecule has 0 radical (unpaired) electrons. The number of hydrogen-bond acceptors (Lipinski definition) is 4. The third kappa shape index (κ3) is 4.29. The number of amides is 1. The lowest BCUT2D eigenvalue weighted by atomic mass is 10.1. The van der Waals surface area contributed by atoms with Crippen LogP contribution < -0.4 is 5.32 Å². The highest BCUT2D eigenvalue weighted by molar-refractivity contribution is 9.10. The first kappa shape index (κ1) is 14.9. The van der Waals surface area contributed by atoms with E-state index in [1.54, 1.807) is 12.1 Å². The van der Waals surface area contributed by atoms with Gasteiger partial charge in [-0.3, -0.25) is 4.79 Å². The number of aliphatic hydroxyl groups excluding tert-OH is 1. The van der Waals surface area contributed by atoms with Crippen molar-refractivity contribution in [1.29, 1.82) is 0 Å². The first-order valence-corrected chi connectivity index (χ1v) is 6.27. The van der Waals surface area contributed by atoms with Crippen LogP contribution in [0.5, 0.6) is 5.75 Å². The Morgan fingerprint density at radius 2 is 2.28 bits per heavy atom. The Kier molecular flexibility index (Phi) is 6.11. The minimum atomic E-state index is -0.312. The molecule has 0 heterocycles. The zero-order chi connectivity index (χ0) is 13.5. The molecule has 5 nitrogen and oxygen atoms in total. The molecule has 1 atom stereocenters. The molecule has 0 aliphatic rings. The van der Waals surface area contributed by atoms with Crippen molar-refractivity contribution in [2.75, 3.05) is 20.3 Å². The molecule has 6 heteroatoms. The van der Waals surface area contributed by atoms with Crippen molar-refractivity contribution in [2.24, 2.45) is 0 Å². The molecule has 1 aromatic rings. The number of halogens is 1. The summed E-state index contributed by atoms with van der Waals surface area (Å²) in [5.41, 5.74) is 0.356. The van der Waals surface area contributed by atoms with Gasteiger partial charge in [0.1, 0.15) is 5.75 Å². The fourth-order valence-corrected chi connectivity index (χ4v) is 1.72. The van der Waals surface area contributed by atoms with E-state index in [4.69, 9.17) is 9.84 Å². The number of phenols is 1. The maximum absolute atomic E-state index is 11.9. The number of carbonyl (C=O) groups excluding carboxylic acids is 1. The van der Waals surface area contributed by atoms with Gasteiger partial charge in [0.2, 0.25) is 0 Å². The fraction of sp³-hybridized carbons (Fsp3) is 0.417. The maximum Gasteiger partial charge on any atom is 0.251 e. The van der Waals surface area contributed by atoms with Crippen molar-refractivity contribution in [3.05, 3.63) is 28.2 Å². The molecule has 0 aliphatic carbocycles. The molecule has 0 bridgehead atoms. The second kappa shape index (κ2) is 7.35. The van der Waals surface area contributed by atoms with Crippen LogP contribution in [-0.4, -0.2) is 42.5 Å². The van der Waals surface area contributed by atoms with Gasteiger partial charge in [0.05, 0.1) is 17.1 Å². The van der Waals surface area contributed by atoms with E-state index in [0.717, 1.165) is 0 Å². The van der Waals surface area contributed by atoms with E-state index in [1.807, 2.05) is 0 Å². The van der Waals surface area contributed by atoms with Crippen molar-refractivity contribution in [3.8, 4) is 5.75 Å². The molecule has 1 unspecified atom stereocenters. The molecular formula is C12H16BrNO4. The quantitative estimate of drug-likeness (QED) is 0.738. The number of ether oxygens (including phenoxy) is 1. The molecule has 3 N–H and O–H groups in total. The number of aliphatic hydroxyl groups is 1. The number of hydrogen-bond donors (Lipinski definition) is 3. The van der Waals surface area contributed by atoms with Crippen LogP contribution in [0.25, 0.3) is 0 Å². The third-order valence-electron chi connectivity index (χ3n) is 2.39. The van der Waals surface area contributed by atoms with Crippen LogP contribution in [0.4, 0.5) is 0 Å². The topological polar surface area (TPSA) is 78.8 Å². The molecule has 1 rings (SSSR count). The van der Waals surface area contributed by atoms with E-state index in [-0.39, 0.29) is 24.3 Å². The van der Waals surface area contributed by atoms with Crippen molar-refractivity contribution >= 4 is 21.8 Å². The molecule has 1 aromatic carbocycles. The number of phenolic OH excluding ortho intramolecular Hbond substituents is 1. The van der Waals surface area contributed by atoms with Crippen molar-refractivity contribution in [2.45, 2.75) is 12.5 Å². The van der Waals surface area contributed by atoms with Gasteiger partial charge >= 0.3 is 0 Å². The van der Waals surface area contributed by atoms with Gasteiger partial charge in [0.15, 0.2) is 0 Å². The fourth-order valence-electron chi connectivity index (χ4n) is 1.48. The predicted molar refractivity (Wildman–Crippen MR) is 70.6 cm³/mol. The second-order valence-corrected chi connectivity index (χ2v) is 4.66. The standard InChI is InChI=1S/C12H16BrNO4/c1-18-7-9(4-5-15)14-12(17)8-2-3-10(13)11(16)6-8/h2-3,6,9,15-16H,4-5,7H2,1H3,(H,14,17). The SMILES string of the molecule is COCC(CCO)NC(=O)c1ccc(Br)c(O)c1. The van der Waals surface area contributed by atoms with Crippen LogP contribution >= 0.6 is 15.9 Å². The Morgan fingerprint density at radius 1 is 1.56 bits per heavy atom. The van der Waals surface area contributed by atoms with Gasteiger partial charge in [0.25, 0.3) is 5.91 Å². The molecule has 100 valence electrons. The summed E-state index contributed by atoms with van der Waals surface area (Å²) in [6, 6.07) is 4.32. The Morgan fingerprint density at radius 3 is 2.83 bits per heavy atom. The minimum absolute atomic E-state index is 0.00750. The Hall–Kier alpha value is -1.11. The second-order valence-electron chi connectivity index (χ2n) is 3.80. The normalized spacial score (nSPS) is 12.2. The van der Waals surface area contributed by atoms with Crippen LogP contribution in [0.2, 0.25) is 0 Å². The summed E-state index contributed by atoms with van der Waals surface area (Å²) in [7, 11) is 1.53. The molecule has 0 saturated carbocycles. The Balaban J connectivity index is 2.70. The minimum Gasteiger partial charge on any atom is -0.507 e. The number of aromatic hydroxyl groups is 1. The zero-order valence-corrected chi connectivity index (χ0v) is 11.6. The number of nitrogens with one attached hydrogen (secondary N) is 1. The van der Waals surface area contributed by atoms with E-state index in [1.165, 1.54) is 13.2 Å². The molecule has 1 amide bonds. The van der Waals surface area contributed by atoms with Gasteiger partial charge in [-0.2, -0.15) is 0 Å². The molecule has 0 saturated heterocycles. The summed E-state index contributed by atoms with van der Waals surface area (Å²) in [5.74, 6) is -0.304. The summed E-state index contributed by atoms with van der Waals surface area (Å²) >= 11 is 3.14. The molecule has 0 fully saturated rings. The maximum atomic E-state index is 11.9. The molecule has 0 aliphatic heterocycles. The van der Waals surface area contributed by atoms with Gasteiger partial charge in [-0.15, -0.1) is 0 Å². The monoisotopic (exact) mass is 317 g/mol. The van der Waals surface area contributed by atoms with E-state index < -0.39 is 0 Å². The van der Waals surface area contributed by atoms with Gasteiger partial charge in [-0.05, 0) is 40.5 Å². The average Bonchev–Trinajstić information content (AvgIpc) is 2.33. The van der Waals surface area contributed by atoms with E-state index >= 15 is 0 Å². The highest BCUT2D eigenvalue weighted by Crippen LogP contribution is 2.24. The lowest BCUT2D eigenvalue weighted by Crippen LogP contribution is -2.38. The van der Waals surface area contributed by atoms with Gasteiger partial charge < -0.3 is 20.3 Å². The lowest BCUT2D eigenvalue weighted by molar-refractivity contribution is 0.0878. The van der Waals surface area contributed by atoms with Crippen LogP contribution in [0.3, 0.4) is 0 Å². The largest absolute Gasteiger partial charge is 0.507 e. The summed E-state index contributed by atoms with van der Waals surface area (Å²) in [4.78, 5) is 11.9. The molecular weight excluding hydrogens is 302 g/mol. The third-order valence-corrected chi connectivity index (χ3v) is 3.06. The first-order chi connectivity index (χ1) is 8.58. The van der Waals surface area contributed by atoms with E-state index in [0.29, 0.717) is 23.1 Å². The number of methoxy groups -OCH3 is 1. The first-order valence-electron chi connectivity index (χ1n) is 5.47. The van der Waals surface area contributed by atoms with Crippen LogP contribution in [0.15, 0.2) is 22.7 Å². The van der Waals surface area contributed by atoms with Gasteiger partial charge in [0, 0.05) is 19.3 Å². The Labute approximate surface area is 114 Å². The van der Waals surface area contributed by atoms with Crippen LogP contribution in [0, 0.1) is 0 Å². The Bertz CT molecular complexity index is 405. The van der Waals surface area contributed by atoms with Crippen molar-refractivity contribution in [1.82, 2.24) is 5.32 Å². The highest BCUT2D eigenvalue weighted by Gasteiger charge is 2.14. The highest BCUT2D eigenvalue weighted by atomic mass is 79.9. The predicted octanol–water partition coefficient (Wildman–Crippen LogP) is 1.28. The summed E-state index contributed by atoms with van der Waals surface area (Å²) in [5, 5.41) is 21.1. The van der Waals surface area contributed by atoms with Crippen molar-refractivity contribution in [3.63, 3.8) is 0 Å².